The van der Waals surface area contributed by atoms with Gasteiger partial charge in [0.25, 0.3) is 0 Å². The topological polar surface area (TPSA) is 32.5 Å². The molecule has 1 rings (SSSR count). The first kappa shape index (κ1) is 13.9. The molecule has 1 aliphatic rings. The Kier molecular flexibility index (Phi) is 5.73. The van der Waals surface area contributed by atoms with E-state index < -0.39 is 0 Å². The Morgan fingerprint density at radius 2 is 1.81 bits per heavy atom. The lowest BCUT2D eigenvalue weighted by Gasteiger charge is -2.45. The van der Waals surface area contributed by atoms with E-state index in [0.29, 0.717) is 0 Å². The number of piperidine rings is 1. The van der Waals surface area contributed by atoms with Crippen LogP contribution in [0.5, 0.6) is 0 Å². The van der Waals surface area contributed by atoms with E-state index in [1.807, 2.05) is 0 Å². The minimum Gasteiger partial charge on any atom is -0.329 e. The Labute approximate surface area is 101 Å². The molecule has 0 amide bonds. The van der Waals surface area contributed by atoms with E-state index in [-0.39, 0.29) is 5.54 Å². The quantitative estimate of drug-likeness (QED) is 0.699. The van der Waals surface area contributed by atoms with Crippen LogP contribution in [0.1, 0.15) is 39.0 Å². The molecule has 0 spiro atoms. The van der Waals surface area contributed by atoms with Crippen LogP contribution in [0.4, 0.5) is 0 Å². The van der Waals surface area contributed by atoms with Crippen molar-refractivity contribution in [2.45, 2.75) is 44.6 Å². The first-order chi connectivity index (χ1) is 7.64. The van der Waals surface area contributed by atoms with E-state index in [1.54, 1.807) is 0 Å². The van der Waals surface area contributed by atoms with Crippen LogP contribution in [0.3, 0.4) is 0 Å². The van der Waals surface area contributed by atoms with Crippen molar-refractivity contribution in [1.82, 2.24) is 9.80 Å². The van der Waals surface area contributed by atoms with E-state index in [2.05, 4.69) is 30.8 Å². The summed E-state index contributed by atoms with van der Waals surface area (Å²) in [5, 5.41) is 0. The van der Waals surface area contributed by atoms with Crippen molar-refractivity contribution in [3.05, 3.63) is 0 Å². The molecule has 0 radical (unpaired) electrons. The summed E-state index contributed by atoms with van der Waals surface area (Å²) in [6.45, 7) is 6.78. The largest absolute Gasteiger partial charge is 0.329 e. The van der Waals surface area contributed by atoms with E-state index in [1.165, 1.54) is 51.7 Å². The molecule has 2 N–H and O–H groups in total. The maximum absolute atomic E-state index is 5.95. The number of nitrogens with two attached hydrogens (primary N) is 1. The summed E-state index contributed by atoms with van der Waals surface area (Å²) in [5.41, 5.74) is 6.21. The first-order valence-corrected chi connectivity index (χ1v) is 6.74. The van der Waals surface area contributed by atoms with Crippen molar-refractivity contribution >= 4 is 0 Å². The van der Waals surface area contributed by atoms with Crippen molar-refractivity contribution in [3.63, 3.8) is 0 Å². The van der Waals surface area contributed by atoms with Crippen molar-refractivity contribution in [3.8, 4) is 0 Å². The fraction of sp³-hybridized carbons (Fsp3) is 1.00. The smallest absolute Gasteiger partial charge is 0.0349 e. The van der Waals surface area contributed by atoms with Gasteiger partial charge in [0.05, 0.1) is 0 Å². The minimum absolute atomic E-state index is 0.265. The zero-order chi connectivity index (χ0) is 12.0. The zero-order valence-corrected chi connectivity index (χ0v) is 11.3. The summed E-state index contributed by atoms with van der Waals surface area (Å²) < 4.78 is 0. The molecule has 96 valence electrons. The molecule has 0 atom stereocenters. The Morgan fingerprint density at radius 3 is 2.25 bits per heavy atom. The van der Waals surface area contributed by atoms with E-state index >= 15 is 0 Å². The molecule has 0 aromatic rings. The number of rotatable bonds is 6. The third kappa shape index (κ3) is 3.44. The Morgan fingerprint density at radius 1 is 1.19 bits per heavy atom. The lowest BCUT2D eigenvalue weighted by molar-refractivity contribution is 0.0622. The molecule has 1 heterocycles. The lowest BCUT2D eigenvalue weighted by atomic mass is 9.86. The van der Waals surface area contributed by atoms with E-state index in [0.717, 1.165) is 6.54 Å². The normalized spacial score (nSPS) is 21.6. The molecule has 1 fully saturated rings. The summed E-state index contributed by atoms with van der Waals surface area (Å²) in [5.74, 6) is 0. The van der Waals surface area contributed by atoms with Gasteiger partial charge in [-0.05, 0) is 53.0 Å². The second kappa shape index (κ2) is 6.58. The fourth-order valence-corrected chi connectivity index (χ4v) is 2.61. The Bertz CT molecular complexity index is 184. The van der Waals surface area contributed by atoms with Gasteiger partial charge < -0.3 is 15.5 Å². The van der Waals surface area contributed by atoms with E-state index in [9.17, 15) is 0 Å². The van der Waals surface area contributed by atoms with Gasteiger partial charge in [0.15, 0.2) is 0 Å². The SMILES string of the molecule is CCCCCN1CCC(CN)(N(C)C)CC1. The van der Waals surface area contributed by atoms with Crippen molar-refractivity contribution in [1.29, 1.82) is 0 Å². The van der Waals surface area contributed by atoms with Crippen LogP contribution in [0.25, 0.3) is 0 Å². The Balaban J connectivity index is 2.32. The van der Waals surface area contributed by atoms with Crippen molar-refractivity contribution < 1.29 is 0 Å². The fourth-order valence-electron chi connectivity index (χ4n) is 2.61. The molecule has 1 aliphatic heterocycles. The van der Waals surface area contributed by atoms with Crippen LogP contribution >= 0.6 is 0 Å². The predicted octanol–water partition coefficient (Wildman–Crippen LogP) is 1.53. The molecule has 0 unspecified atom stereocenters. The number of likely N-dealkylation sites (N-methyl/N-ethyl adjacent to an activating group) is 1. The summed E-state index contributed by atoms with van der Waals surface area (Å²) in [6.07, 6.45) is 6.49. The number of hydrogen-bond donors (Lipinski definition) is 1. The van der Waals surface area contributed by atoms with Crippen LogP contribution < -0.4 is 5.73 Å². The van der Waals surface area contributed by atoms with Gasteiger partial charge in [-0.25, -0.2) is 0 Å². The third-order valence-electron chi connectivity index (χ3n) is 4.19. The maximum Gasteiger partial charge on any atom is 0.0349 e. The lowest BCUT2D eigenvalue weighted by Crippen LogP contribution is -2.56. The van der Waals surface area contributed by atoms with Crippen molar-refractivity contribution in [2.24, 2.45) is 5.73 Å². The molecule has 3 nitrogen and oxygen atoms in total. The summed E-state index contributed by atoms with van der Waals surface area (Å²) >= 11 is 0. The van der Waals surface area contributed by atoms with Crippen LogP contribution in [-0.2, 0) is 0 Å². The van der Waals surface area contributed by atoms with Gasteiger partial charge >= 0.3 is 0 Å². The molecule has 0 aromatic heterocycles. The highest BCUT2D eigenvalue weighted by molar-refractivity contribution is 4.93. The second-order valence-electron chi connectivity index (χ2n) is 5.37. The number of hydrogen-bond acceptors (Lipinski definition) is 3. The highest BCUT2D eigenvalue weighted by Crippen LogP contribution is 2.26. The molecule has 1 saturated heterocycles. The molecule has 16 heavy (non-hydrogen) atoms. The van der Waals surface area contributed by atoms with Crippen LogP contribution in [0.15, 0.2) is 0 Å². The molecule has 0 bridgehead atoms. The number of likely N-dealkylation sites (tertiary alicyclic amines) is 1. The van der Waals surface area contributed by atoms with Gasteiger partial charge in [-0.1, -0.05) is 19.8 Å². The molecule has 0 aliphatic carbocycles. The van der Waals surface area contributed by atoms with Crippen molar-refractivity contribution in [2.75, 3.05) is 40.3 Å². The highest BCUT2D eigenvalue weighted by Gasteiger charge is 2.34. The summed E-state index contributed by atoms with van der Waals surface area (Å²) in [6, 6.07) is 0. The maximum atomic E-state index is 5.95. The molecule has 0 aromatic carbocycles. The van der Waals surface area contributed by atoms with Crippen LogP contribution in [0, 0.1) is 0 Å². The molecule has 0 saturated carbocycles. The standard InChI is InChI=1S/C13H29N3/c1-4-5-6-9-16-10-7-13(12-14,8-11-16)15(2)3/h4-12,14H2,1-3H3. The molecular weight excluding hydrogens is 198 g/mol. The number of unbranched alkanes of at least 4 members (excludes halogenated alkanes) is 2. The summed E-state index contributed by atoms with van der Waals surface area (Å²) in [7, 11) is 4.33. The van der Waals surface area contributed by atoms with Crippen LogP contribution in [-0.4, -0.2) is 55.6 Å². The predicted molar refractivity (Wildman–Crippen MR) is 70.7 cm³/mol. The Hall–Kier alpha value is -0.120. The average molecular weight is 227 g/mol. The van der Waals surface area contributed by atoms with Crippen LogP contribution in [0.2, 0.25) is 0 Å². The average Bonchev–Trinajstić information content (AvgIpc) is 2.30. The first-order valence-electron chi connectivity index (χ1n) is 6.74. The highest BCUT2D eigenvalue weighted by atomic mass is 15.2. The summed E-state index contributed by atoms with van der Waals surface area (Å²) in [4.78, 5) is 4.93. The van der Waals surface area contributed by atoms with Gasteiger partial charge in [0.1, 0.15) is 0 Å². The van der Waals surface area contributed by atoms with Gasteiger partial charge in [0.2, 0.25) is 0 Å². The van der Waals surface area contributed by atoms with Gasteiger partial charge in [-0.15, -0.1) is 0 Å². The van der Waals surface area contributed by atoms with Gasteiger partial charge in [-0.3, -0.25) is 0 Å². The minimum atomic E-state index is 0.265. The number of nitrogens with zero attached hydrogens (tertiary/aromatic N) is 2. The third-order valence-corrected chi connectivity index (χ3v) is 4.19. The second-order valence-corrected chi connectivity index (χ2v) is 5.37. The molecular formula is C13H29N3. The molecule has 3 heteroatoms. The van der Waals surface area contributed by atoms with E-state index in [4.69, 9.17) is 5.73 Å². The monoisotopic (exact) mass is 227 g/mol. The van der Waals surface area contributed by atoms with Gasteiger partial charge in [-0.2, -0.15) is 0 Å². The van der Waals surface area contributed by atoms with Gasteiger partial charge in [0, 0.05) is 12.1 Å². The zero-order valence-electron chi connectivity index (χ0n) is 11.3.